The Balaban J connectivity index is 2.30. The fraction of sp³-hybridized carbons (Fsp3) is 1.00. The van der Waals surface area contributed by atoms with E-state index in [1.54, 1.807) is 0 Å². The first-order valence-corrected chi connectivity index (χ1v) is 11.5. The Hall–Kier alpha value is 1.64. The lowest BCUT2D eigenvalue weighted by atomic mass is 10.2. The fourth-order valence-electron chi connectivity index (χ4n) is 2.33. The third-order valence-electron chi connectivity index (χ3n) is 3.16. The number of hydrogen-bond acceptors (Lipinski definition) is 1. The van der Waals surface area contributed by atoms with Crippen molar-refractivity contribution in [2.24, 2.45) is 0 Å². The van der Waals surface area contributed by atoms with Crippen LogP contribution in [0.2, 0.25) is 12.1 Å². The largest absolute Gasteiger partial charge is 0.382 e. The Kier molecular flexibility index (Phi) is 9.45. The lowest BCUT2D eigenvalue weighted by molar-refractivity contribution is 0.0620. The van der Waals surface area contributed by atoms with E-state index in [1.165, 1.54) is 53.0 Å². The maximum atomic E-state index is 5.99. The third-order valence-corrected chi connectivity index (χ3v) is 8.56. The molecule has 1 nitrogen and oxygen atoms in total. The van der Waals surface area contributed by atoms with Gasteiger partial charge in [0.05, 0.1) is 8.80 Å². The van der Waals surface area contributed by atoms with Crippen molar-refractivity contribution < 1.29 is 4.74 Å². The van der Waals surface area contributed by atoms with Crippen molar-refractivity contribution in [1.82, 2.24) is 0 Å². The molecule has 0 aromatic carbocycles. The normalized spacial score (nSPS) is 22.2. The summed E-state index contributed by atoms with van der Waals surface area (Å²) in [6.45, 7) is 1.04. The van der Waals surface area contributed by atoms with Crippen LogP contribution in [0.25, 0.3) is 0 Å². The summed E-state index contributed by atoms with van der Waals surface area (Å²) in [5.41, 5.74) is 0.727. The molecule has 1 unspecified atom stereocenters. The van der Waals surface area contributed by atoms with Crippen molar-refractivity contribution in [1.29, 1.82) is 0 Å². The molecular weight excluding hydrogens is 430 g/mol. The zero-order valence-electron chi connectivity index (χ0n) is 9.39. The lowest BCUT2D eigenvalue weighted by Gasteiger charge is -2.29. The van der Waals surface area contributed by atoms with Crippen molar-refractivity contribution in [3.8, 4) is 0 Å². The van der Waals surface area contributed by atoms with E-state index in [9.17, 15) is 0 Å². The summed E-state index contributed by atoms with van der Waals surface area (Å²) in [6, 6.07) is 3.04. The average Bonchev–Trinajstić information content (AvgIpc) is 2.30. The first-order valence-electron chi connectivity index (χ1n) is 6.12. The summed E-state index contributed by atoms with van der Waals surface area (Å²) in [5.74, 6) is 0. The second-order valence-corrected chi connectivity index (χ2v) is 9.90. The summed E-state index contributed by atoms with van der Waals surface area (Å²) in [4.78, 5) is 0. The van der Waals surface area contributed by atoms with Crippen LogP contribution in [-0.2, 0) is 4.74 Å². The molecule has 4 heteroatoms. The van der Waals surface area contributed by atoms with Gasteiger partial charge in [0.1, 0.15) is 0 Å². The molecule has 15 heavy (non-hydrogen) atoms. The highest BCUT2D eigenvalue weighted by Crippen LogP contribution is 2.22. The van der Waals surface area contributed by atoms with E-state index in [0.29, 0.717) is 0 Å². The molecule has 1 fully saturated rings. The van der Waals surface area contributed by atoms with E-state index in [4.69, 9.17) is 4.74 Å². The molecular formula is C11H22I2OSi. The van der Waals surface area contributed by atoms with Crippen LogP contribution >= 0.6 is 45.2 Å². The number of hydrogen-bond donors (Lipinski definition) is 0. The number of rotatable bonds is 7. The Morgan fingerprint density at radius 2 is 1.73 bits per heavy atom. The van der Waals surface area contributed by atoms with Gasteiger partial charge >= 0.3 is 0 Å². The van der Waals surface area contributed by atoms with Gasteiger partial charge < -0.3 is 4.74 Å². The van der Waals surface area contributed by atoms with E-state index in [1.807, 2.05) is 0 Å². The predicted molar refractivity (Wildman–Crippen MR) is 87.4 cm³/mol. The van der Waals surface area contributed by atoms with E-state index >= 15 is 0 Å². The van der Waals surface area contributed by atoms with Crippen molar-refractivity contribution >= 4 is 54.0 Å². The summed E-state index contributed by atoms with van der Waals surface area (Å²) in [7, 11) is -0.582. The molecule has 0 saturated carbocycles. The van der Waals surface area contributed by atoms with Crippen molar-refractivity contribution in [2.45, 2.75) is 49.9 Å². The Labute approximate surface area is 123 Å². The van der Waals surface area contributed by atoms with Crippen LogP contribution in [0.3, 0.4) is 0 Å². The van der Waals surface area contributed by atoms with Gasteiger partial charge in [-0.15, -0.1) is 0 Å². The quantitative estimate of drug-likeness (QED) is 0.323. The molecule has 0 radical (unpaired) electrons. The molecule has 0 bridgehead atoms. The maximum absolute atomic E-state index is 5.99. The molecule has 1 atom stereocenters. The standard InChI is InChI=1S/C11H22I2OSi/c12-6-3-9-15(10-4-7-13)11-5-1-2-8-14-11/h11,15H,1-10H2. The van der Waals surface area contributed by atoms with Crippen LogP contribution in [0.5, 0.6) is 0 Å². The SMILES string of the molecule is ICCC[SiH](CCCI)C1CCCCO1. The van der Waals surface area contributed by atoms with Crippen LogP contribution in [0.1, 0.15) is 32.1 Å². The molecule has 0 aliphatic carbocycles. The van der Waals surface area contributed by atoms with E-state index < -0.39 is 8.80 Å². The van der Waals surface area contributed by atoms with Gasteiger partial charge in [-0.25, -0.2) is 0 Å². The molecule has 0 spiro atoms. The zero-order valence-corrected chi connectivity index (χ0v) is 14.9. The van der Waals surface area contributed by atoms with Gasteiger partial charge in [-0.2, -0.15) is 0 Å². The highest BCUT2D eigenvalue weighted by atomic mass is 127. The van der Waals surface area contributed by atoms with Crippen LogP contribution in [0.15, 0.2) is 0 Å². The Bertz CT molecular complexity index is 144. The first-order chi connectivity index (χ1) is 7.38. The molecule has 1 aliphatic heterocycles. The molecule has 1 rings (SSSR count). The number of halogens is 2. The van der Waals surface area contributed by atoms with Gasteiger partial charge in [-0.3, -0.25) is 0 Å². The summed E-state index contributed by atoms with van der Waals surface area (Å²) in [6.07, 6.45) is 6.95. The highest BCUT2D eigenvalue weighted by molar-refractivity contribution is 14.1. The smallest absolute Gasteiger partial charge is 0.0717 e. The van der Waals surface area contributed by atoms with Gasteiger partial charge in [0, 0.05) is 12.3 Å². The molecule has 0 aromatic heterocycles. The monoisotopic (exact) mass is 452 g/mol. The number of ether oxygens (including phenoxy) is 1. The van der Waals surface area contributed by atoms with Gasteiger partial charge in [0.2, 0.25) is 0 Å². The Morgan fingerprint density at radius 1 is 1.07 bits per heavy atom. The van der Waals surface area contributed by atoms with Crippen molar-refractivity contribution in [3.63, 3.8) is 0 Å². The molecule has 1 heterocycles. The van der Waals surface area contributed by atoms with Crippen molar-refractivity contribution in [2.75, 3.05) is 15.5 Å². The van der Waals surface area contributed by atoms with Crippen LogP contribution in [0, 0.1) is 0 Å². The molecule has 0 amide bonds. The van der Waals surface area contributed by atoms with Gasteiger partial charge in [0.15, 0.2) is 0 Å². The first kappa shape index (κ1) is 14.7. The fourth-order valence-corrected chi connectivity index (χ4v) is 8.48. The minimum Gasteiger partial charge on any atom is -0.382 e. The van der Waals surface area contributed by atoms with Gasteiger partial charge in [-0.1, -0.05) is 57.3 Å². The maximum Gasteiger partial charge on any atom is 0.0717 e. The van der Waals surface area contributed by atoms with E-state index in [2.05, 4.69) is 45.2 Å². The topological polar surface area (TPSA) is 9.23 Å². The lowest BCUT2D eigenvalue weighted by Crippen LogP contribution is -2.36. The van der Waals surface area contributed by atoms with Crippen molar-refractivity contribution in [3.05, 3.63) is 0 Å². The van der Waals surface area contributed by atoms with Gasteiger partial charge in [-0.05, 0) is 41.0 Å². The van der Waals surface area contributed by atoms with E-state index in [0.717, 1.165) is 12.3 Å². The molecule has 90 valence electrons. The highest BCUT2D eigenvalue weighted by Gasteiger charge is 2.24. The molecule has 1 aliphatic rings. The number of alkyl halides is 2. The third kappa shape index (κ3) is 6.21. The summed E-state index contributed by atoms with van der Waals surface area (Å²) >= 11 is 5.02. The molecule has 1 saturated heterocycles. The Morgan fingerprint density at radius 3 is 2.20 bits per heavy atom. The summed E-state index contributed by atoms with van der Waals surface area (Å²) < 4.78 is 8.65. The minimum absolute atomic E-state index is 0.582. The van der Waals surface area contributed by atoms with E-state index in [-0.39, 0.29) is 0 Å². The van der Waals surface area contributed by atoms with Crippen LogP contribution in [0.4, 0.5) is 0 Å². The molecule has 0 aromatic rings. The minimum atomic E-state index is -0.582. The van der Waals surface area contributed by atoms with Gasteiger partial charge in [0.25, 0.3) is 0 Å². The molecule has 0 N–H and O–H groups in total. The second-order valence-electron chi connectivity index (χ2n) is 4.33. The second kappa shape index (κ2) is 9.64. The van der Waals surface area contributed by atoms with Crippen LogP contribution < -0.4 is 0 Å². The predicted octanol–water partition coefficient (Wildman–Crippen LogP) is 3.97. The average molecular weight is 452 g/mol. The van der Waals surface area contributed by atoms with Crippen LogP contribution in [-0.4, -0.2) is 30.0 Å². The zero-order chi connectivity index (χ0) is 10.9. The summed E-state index contributed by atoms with van der Waals surface area (Å²) in [5, 5.41) is 0.